The normalized spacial score (nSPS) is 16.1. The van der Waals surface area contributed by atoms with Crippen LogP contribution in [-0.4, -0.2) is 25.3 Å². The van der Waals surface area contributed by atoms with E-state index in [9.17, 15) is 0 Å². The second kappa shape index (κ2) is 7.49. The van der Waals surface area contributed by atoms with Crippen molar-refractivity contribution in [3.8, 4) is 0 Å². The zero-order valence-electron chi connectivity index (χ0n) is 12.1. The first kappa shape index (κ1) is 16.8. The number of nitrogens with one attached hydrogen (secondary N) is 1. The van der Waals surface area contributed by atoms with Crippen LogP contribution in [-0.2, 0) is 11.2 Å². The highest BCUT2D eigenvalue weighted by Crippen LogP contribution is 2.27. The van der Waals surface area contributed by atoms with Gasteiger partial charge in [0.05, 0.1) is 5.60 Å². The molecule has 2 atom stereocenters. The van der Waals surface area contributed by atoms with Crippen LogP contribution >= 0.6 is 23.2 Å². The first-order chi connectivity index (χ1) is 8.96. The average Bonchev–Trinajstić information content (AvgIpc) is 2.40. The van der Waals surface area contributed by atoms with Crippen molar-refractivity contribution in [3.05, 3.63) is 33.8 Å². The van der Waals surface area contributed by atoms with E-state index in [4.69, 9.17) is 27.9 Å². The van der Waals surface area contributed by atoms with E-state index in [1.54, 1.807) is 13.2 Å². The molecule has 0 aromatic heterocycles. The Kier molecular flexibility index (Phi) is 6.61. The largest absolute Gasteiger partial charge is 0.377 e. The van der Waals surface area contributed by atoms with Crippen molar-refractivity contribution >= 4 is 23.2 Å². The van der Waals surface area contributed by atoms with Gasteiger partial charge in [-0.2, -0.15) is 0 Å². The molecule has 2 unspecified atom stereocenters. The lowest BCUT2D eigenvalue weighted by molar-refractivity contribution is -0.0283. The SMILES string of the molecule is CCNC(Cc1ccc(Cl)cc1Cl)C(C)(CC)OC. The second-order valence-corrected chi connectivity index (χ2v) is 5.76. The monoisotopic (exact) mass is 303 g/mol. The van der Waals surface area contributed by atoms with Crippen molar-refractivity contribution in [2.75, 3.05) is 13.7 Å². The number of benzene rings is 1. The molecule has 0 spiro atoms. The third-order valence-electron chi connectivity index (χ3n) is 3.80. The number of likely N-dealkylation sites (N-methyl/N-ethyl adjacent to an activating group) is 1. The molecule has 1 N–H and O–H groups in total. The van der Waals surface area contributed by atoms with Crippen LogP contribution in [0.3, 0.4) is 0 Å². The summed E-state index contributed by atoms with van der Waals surface area (Å²) in [5.74, 6) is 0. The lowest BCUT2D eigenvalue weighted by atomic mass is 9.88. The lowest BCUT2D eigenvalue weighted by Crippen LogP contribution is -2.51. The number of halogens is 2. The predicted octanol–water partition coefficient (Wildman–Crippen LogP) is 4.33. The highest BCUT2D eigenvalue weighted by Gasteiger charge is 2.32. The molecule has 2 nitrogen and oxygen atoms in total. The molecular weight excluding hydrogens is 281 g/mol. The van der Waals surface area contributed by atoms with E-state index in [2.05, 4.69) is 26.1 Å². The maximum atomic E-state index is 6.26. The molecule has 0 bridgehead atoms. The van der Waals surface area contributed by atoms with Crippen LogP contribution in [0.1, 0.15) is 32.8 Å². The van der Waals surface area contributed by atoms with Crippen molar-refractivity contribution in [1.82, 2.24) is 5.32 Å². The molecule has 4 heteroatoms. The molecule has 0 aliphatic rings. The molecule has 0 radical (unpaired) electrons. The summed E-state index contributed by atoms with van der Waals surface area (Å²) in [6, 6.07) is 5.87. The summed E-state index contributed by atoms with van der Waals surface area (Å²) in [7, 11) is 1.76. The van der Waals surface area contributed by atoms with Crippen molar-refractivity contribution in [2.45, 2.75) is 45.3 Å². The summed E-state index contributed by atoms with van der Waals surface area (Å²) >= 11 is 12.2. The van der Waals surface area contributed by atoms with Crippen molar-refractivity contribution in [3.63, 3.8) is 0 Å². The van der Waals surface area contributed by atoms with E-state index < -0.39 is 0 Å². The Balaban J connectivity index is 2.95. The molecule has 0 saturated carbocycles. The quantitative estimate of drug-likeness (QED) is 0.809. The van der Waals surface area contributed by atoms with Gasteiger partial charge in [0, 0.05) is 23.2 Å². The van der Waals surface area contributed by atoms with Crippen LogP contribution in [0.5, 0.6) is 0 Å². The Hall–Kier alpha value is -0.280. The van der Waals surface area contributed by atoms with Crippen LogP contribution < -0.4 is 5.32 Å². The highest BCUT2D eigenvalue weighted by molar-refractivity contribution is 6.35. The summed E-state index contributed by atoms with van der Waals surface area (Å²) in [5.41, 5.74) is 0.882. The van der Waals surface area contributed by atoms with E-state index >= 15 is 0 Å². The third kappa shape index (κ3) is 4.35. The summed E-state index contributed by atoms with van der Waals surface area (Å²) in [6.45, 7) is 7.26. The summed E-state index contributed by atoms with van der Waals surface area (Å²) in [6.07, 6.45) is 1.76. The van der Waals surface area contributed by atoms with Crippen molar-refractivity contribution in [2.24, 2.45) is 0 Å². The first-order valence-corrected chi connectivity index (χ1v) is 7.44. The van der Waals surface area contributed by atoms with Crippen LogP contribution in [0, 0.1) is 0 Å². The van der Waals surface area contributed by atoms with Gasteiger partial charge in [0.1, 0.15) is 0 Å². The van der Waals surface area contributed by atoms with Crippen molar-refractivity contribution in [1.29, 1.82) is 0 Å². The number of ether oxygens (including phenoxy) is 1. The van der Waals surface area contributed by atoms with Crippen LogP contribution in [0.2, 0.25) is 10.0 Å². The molecule has 0 aliphatic heterocycles. The maximum absolute atomic E-state index is 6.26. The van der Waals surface area contributed by atoms with E-state index in [1.165, 1.54) is 0 Å². The molecule has 1 aromatic carbocycles. The van der Waals surface area contributed by atoms with Gasteiger partial charge >= 0.3 is 0 Å². The second-order valence-electron chi connectivity index (χ2n) is 4.92. The van der Waals surface area contributed by atoms with Crippen LogP contribution in [0.4, 0.5) is 0 Å². The van der Waals surface area contributed by atoms with Gasteiger partial charge in [-0.1, -0.05) is 43.1 Å². The fourth-order valence-corrected chi connectivity index (χ4v) is 2.68. The van der Waals surface area contributed by atoms with Gasteiger partial charge in [0.2, 0.25) is 0 Å². The predicted molar refractivity (Wildman–Crippen MR) is 83.3 cm³/mol. The molecule has 1 rings (SSSR count). The van der Waals surface area contributed by atoms with Gasteiger partial charge in [-0.25, -0.2) is 0 Å². The topological polar surface area (TPSA) is 21.3 Å². The number of hydrogen-bond donors (Lipinski definition) is 1. The van der Waals surface area contributed by atoms with E-state index in [0.29, 0.717) is 10.0 Å². The summed E-state index contributed by atoms with van der Waals surface area (Å²) in [4.78, 5) is 0. The number of methoxy groups -OCH3 is 1. The zero-order valence-corrected chi connectivity index (χ0v) is 13.6. The Morgan fingerprint density at radius 1 is 1.32 bits per heavy atom. The van der Waals surface area contributed by atoms with Crippen LogP contribution in [0.25, 0.3) is 0 Å². The molecular formula is C15H23Cl2NO. The Morgan fingerprint density at radius 2 is 2.00 bits per heavy atom. The zero-order chi connectivity index (χ0) is 14.5. The molecule has 0 heterocycles. The Labute approximate surface area is 126 Å². The van der Waals surface area contributed by atoms with Gasteiger partial charge in [-0.15, -0.1) is 0 Å². The minimum atomic E-state index is -0.209. The molecule has 0 saturated heterocycles. The fraction of sp³-hybridized carbons (Fsp3) is 0.600. The molecule has 1 aromatic rings. The molecule has 19 heavy (non-hydrogen) atoms. The number of rotatable bonds is 7. The minimum Gasteiger partial charge on any atom is -0.377 e. The van der Waals surface area contributed by atoms with Gasteiger partial charge in [0.15, 0.2) is 0 Å². The van der Waals surface area contributed by atoms with Gasteiger partial charge in [-0.05, 0) is 44.0 Å². The van der Waals surface area contributed by atoms with E-state index in [1.807, 2.05) is 12.1 Å². The fourth-order valence-electron chi connectivity index (χ4n) is 2.19. The van der Waals surface area contributed by atoms with E-state index in [-0.39, 0.29) is 11.6 Å². The Morgan fingerprint density at radius 3 is 2.47 bits per heavy atom. The van der Waals surface area contributed by atoms with E-state index in [0.717, 1.165) is 24.9 Å². The summed E-state index contributed by atoms with van der Waals surface area (Å²) in [5, 5.41) is 4.88. The standard InChI is InChI=1S/C15H23Cl2NO/c1-5-15(3,19-4)14(18-6-2)9-11-7-8-12(16)10-13(11)17/h7-8,10,14,18H,5-6,9H2,1-4H3. The summed E-state index contributed by atoms with van der Waals surface area (Å²) < 4.78 is 5.71. The lowest BCUT2D eigenvalue weighted by Gasteiger charge is -2.36. The molecule has 108 valence electrons. The van der Waals surface area contributed by atoms with Gasteiger partial charge < -0.3 is 10.1 Å². The first-order valence-electron chi connectivity index (χ1n) is 6.69. The van der Waals surface area contributed by atoms with Crippen LogP contribution in [0.15, 0.2) is 18.2 Å². The molecule has 0 aliphatic carbocycles. The number of hydrogen-bond acceptors (Lipinski definition) is 2. The maximum Gasteiger partial charge on any atom is 0.0803 e. The minimum absolute atomic E-state index is 0.209. The molecule has 0 fully saturated rings. The molecule has 0 amide bonds. The third-order valence-corrected chi connectivity index (χ3v) is 4.38. The Bertz CT molecular complexity index is 405. The average molecular weight is 304 g/mol. The van der Waals surface area contributed by atoms with Gasteiger partial charge in [-0.3, -0.25) is 0 Å². The smallest absolute Gasteiger partial charge is 0.0803 e. The highest BCUT2D eigenvalue weighted by atomic mass is 35.5. The van der Waals surface area contributed by atoms with Gasteiger partial charge in [0.25, 0.3) is 0 Å². The van der Waals surface area contributed by atoms with Crippen molar-refractivity contribution < 1.29 is 4.74 Å².